The third-order valence-corrected chi connectivity index (χ3v) is 5.10. The zero-order valence-corrected chi connectivity index (χ0v) is 16.0. The van der Waals surface area contributed by atoms with Crippen LogP contribution in [-0.4, -0.2) is 47.8 Å². The minimum atomic E-state index is -0.734. The summed E-state index contributed by atoms with van der Waals surface area (Å²) in [5, 5.41) is 5.36. The number of nitrogens with one attached hydrogen (secondary N) is 2. The minimum Gasteiger partial charge on any atom is -0.327 e. The Bertz CT molecular complexity index is 1050. The molecule has 2 aliphatic heterocycles. The first kappa shape index (κ1) is 19.6. The Kier molecular flexibility index (Phi) is 4.94. The van der Waals surface area contributed by atoms with Crippen LogP contribution < -0.4 is 10.6 Å². The summed E-state index contributed by atoms with van der Waals surface area (Å²) in [4.78, 5) is 40.5. The molecule has 7 nitrogen and oxygen atoms in total. The van der Waals surface area contributed by atoms with Crippen molar-refractivity contribution in [3.05, 3.63) is 77.0 Å². The van der Waals surface area contributed by atoms with Gasteiger partial charge in [0, 0.05) is 12.7 Å². The molecule has 1 atom stereocenters. The molecular formula is C21H18F2N4O3. The molecule has 0 aromatic heterocycles. The highest BCUT2D eigenvalue weighted by molar-refractivity contribution is 6.04. The quantitative estimate of drug-likeness (QED) is 0.809. The van der Waals surface area contributed by atoms with Gasteiger partial charge in [0.05, 0.1) is 23.9 Å². The van der Waals surface area contributed by atoms with E-state index >= 15 is 0 Å². The van der Waals surface area contributed by atoms with Crippen molar-refractivity contribution >= 4 is 23.5 Å². The highest BCUT2D eigenvalue weighted by Crippen LogP contribution is 2.35. The predicted molar refractivity (Wildman–Crippen MR) is 104 cm³/mol. The van der Waals surface area contributed by atoms with Crippen LogP contribution in [0.15, 0.2) is 59.8 Å². The Morgan fingerprint density at radius 1 is 1.07 bits per heavy atom. The van der Waals surface area contributed by atoms with Crippen molar-refractivity contribution in [2.75, 3.05) is 25.5 Å². The largest absolute Gasteiger partial charge is 0.327 e. The van der Waals surface area contributed by atoms with Crippen LogP contribution in [0.25, 0.3) is 0 Å². The molecule has 2 heterocycles. The molecule has 0 bridgehead atoms. The highest BCUT2D eigenvalue weighted by Gasteiger charge is 2.43. The van der Waals surface area contributed by atoms with Crippen molar-refractivity contribution < 1.29 is 23.2 Å². The first-order valence-corrected chi connectivity index (χ1v) is 9.21. The van der Waals surface area contributed by atoms with Crippen LogP contribution in [0.4, 0.5) is 19.3 Å². The first-order chi connectivity index (χ1) is 14.3. The monoisotopic (exact) mass is 412 g/mol. The molecule has 4 rings (SSSR count). The van der Waals surface area contributed by atoms with Crippen LogP contribution in [-0.2, 0) is 9.59 Å². The smallest absolute Gasteiger partial charge is 0.322 e. The minimum absolute atomic E-state index is 0.0899. The van der Waals surface area contributed by atoms with Crippen LogP contribution >= 0.6 is 0 Å². The molecule has 154 valence electrons. The zero-order valence-electron chi connectivity index (χ0n) is 16.0. The second-order valence-electron chi connectivity index (χ2n) is 7.07. The van der Waals surface area contributed by atoms with Crippen molar-refractivity contribution in [2.45, 2.75) is 6.04 Å². The molecule has 2 N–H and O–H groups in total. The van der Waals surface area contributed by atoms with Gasteiger partial charge in [-0.05, 0) is 42.0 Å². The first-order valence-electron chi connectivity index (χ1n) is 9.21. The number of benzene rings is 2. The van der Waals surface area contributed by atoms with Gasteiger partial charge in [-0.15, -0.1) is 0 Å². The van der Waals surface area contributed by atoms with Gasteiger partial charge in [0.15, 0.2) is 0 Å². The van der Waals surface area contributed by atoms with E-state index in [1.807, 2.05) is 0 Å². The summed E-state index contributed by atoms with van der Waals surface area (Å²) < 4.78 is 26.3. The number of likely N-dealkylation sites (N-methyl/N-ethyl adjacent to an activating group) is 1. The van der Waals surface area contributed by atoms with Gasteiger partial charge in [0.25, 0.3) is 5.91 Å². The third-order valence-electron chi connectivity index (χ3n) is 5.10. The fourth-order valence-electron chi connectivity index (χ4n) is 3.56. The molecule has 9 heteroatoms. The maximum atomic E-state index is 13.3. The van der Waals surface area contributed by atoms with Crippen LogP contribution in [0.2, 0.25) is 0 Å². The van der Waals surface area contributed by atoms with Gasteiger partial charge in [-0.25, -0.2) is 13.6 Å². The molecule has 0 saturated heterocycles. The third kappa shape index (κ3) is 3.61. The normalized spacial score (nSPS) is 18.4. The number of urea groups is 1. The second-order valence-corrected chi connectivity index (χ2v) is 7.07. The summed E-state index contributed by atoms with van der Waals surface area (Å²) in [7, 11) is 1.54. The summed E-state index contributed by atoms with van der Waals surface area (Å²) in [6, 6.07) is 9.68. The van der Waals surface area contributed by atoms with E-state index in [9.17, 15) is 23.2 Å². The van der Waals surface area contributed by atoms with E-state index < -0.39 is 29.6 Å². The van der Waals surface area contributed by atoms with E-state index in [0.717, 1.165) is 0 Å². The molecule has 0 saturated carbocycles. The summed E-state index contributed by atoms with van der Waals surface area (Å²) in [6.45, 7) is -0.145. The number of amides is 4. The van der Waals surface area contributed by atoms with E-state index in [-0.39, 0.29) is 19.0 Å². The zero-order chi connectivity index (χ0) is 21.4. The number of halogens is 2. The lowest BCUT2D eigenvalue weighted by atomic mass is 9.96. The number of nitrogens with zero attached hydrogens (tertiary/aromatic N) is 2. The van der Waals surface area contributed by atoms with E-state index in [4.69, 9.17) is 0 Å². The van der Waals surface area contributed by atoms with Crippen molar-refractivity contribution in [3.8, 4) is 0 Å². The van der Waals surface area contributed by atoms with Crippen molar-refractivity contribution in [2.24, 2.45) is 0 Å². The number of hydrogen-bond donors (Lipinski definition) is 2. The predicted octanol–water partition coefficient (Wildman–Crippen LogP) is 2.40. The Hall–Kier alpha value is -3.75. The Labute approximate surface area is 171 Å². The molecule has 2 aliphatic rings. The van der Waals surface area contributed by atoms with Crippen LogP contribution in [0, 0.1) is 11.6 Å². The van der Waals surface area contributed by atoms with Gasteiger partial charge in [-0.1, -0.05) is 12.1 Å². The number of carbonyl (C=O) groups excluding carboxylic acids is 3. The number of carbonyl (C=O) groups is 3. The van der Waals surface area contributed by atoms with Gasteiger partial charge in [0.1, 0.15) is 18.2 Å². The maximum absolute atomic E-state index is 13.3. The van der Waals surface area contributed by atoms with Gasteiger partial charge in [-0.2, -0.15) is 0 Å². The van der Waals surface area contributed by atoms with Crippen LogP contribution in [0.3, 0.4) is 0 Å². The van der Waals surface area contributed by atoms with E-state index in [0.29, 0.717) is 22.5 Å². The van der Waals surface area contributed by atoms with Crippen molar-refractivity contribution in [3.63, 3.8) is 0 Å². The lowest BCUT2D eigenvalue weighted by molar-refractivity contribution is -0.130. The fourth-order valence-corrected chi connectivity index (χ4v) is 3.56. The molecular weight excluding hydrogens is 394 g/mol. The summed E-state index contributed by atoms with van der Waals surface area (Å²) in [5.41, 5.74) is 1.81. The lowest BCUT2D eigenvalue weighted by Crippen LogP contribution is -2.45. The van der Waals surface area contributed by atoms with Gasteiger partial charge >= 0.3 is 6.03 Å². The SMILES string of the molecule is CN1C(=O)NC(c2ccc(F)cc2)C2=C1CN(CC(=O)Nc1ccc(F)cc1)C2=O. The summed E-state index contributed by atoms with van der Waals surface area (Å²) in [5.74, 6) is -1.69. The highest BCUT2D eigenvalue weighted by atomic mass is 19.1. The Balaban J connectivity index is 1.53. The molecule has 30 heavy (non-hydrogen) atoms. The summed E-state index contributed by atoms with van der Waals surface area (Å²) in [6.07, 6.45) is 0. The standard InChI is InChI=1S/C21H18F2N4O3/c1-26-16-10-27(11-17(28)24-15-8-6-14(23)7-9-15)20(29)18(16)19(25-21(26)30)12-2-4-13(22)5-3-12/h2-9,19H,10-11H2,1H3,(H,24,28)(H,25,30). The van der Waals surface area contributed by atoms with Gasteiger partial charge in [-0.3, -0.25) is 14.5 Å². The molecule has 0 spiro atoms. The van der Waals surface area contributed by atoms with Gasteiger partial charge < -0.3 is 15.5 Å². The average molecular weight is 412 g/mol. The van der Waals surface area contributed by atoms with Crippen molar-refractivity contribution in [1.29, 1.82) is 0 Å². The molecule has 0 radical (unpaired) electrons. The van der Waals surface area contributed by atoms with E-state index in [1.165, 1.54) is 58.3 Å². The Morgan fingerprint density at radius 2 is 1.67 bits per heavy atom. The average Bonchev–Trinajstić information content (AvgIpc) is 3.04. The van der Waals surface area contributed by atoms with Crippen molar-refractivity contribution in [1.82, 2.24) is 15.1 Å². The maximum Gasteiger partial charge on any atom is 0.322 e. The molecule has 2 aromatic rings. The number of anilines is 1. The lowest BCUT2D eigenvalue weighted by Gasteiger charge is -2.31. The fraction of sp³-hybridized carbons (Fsp3) is 0.190. The van der Waals surface area contributed by atoms with E-state index in [2.05, 4.69) is 10.6 Å². The topological polar surface area (TPSA) is 81.8 Å². The van der Waals surface area contributed by atoms with Gasteiger partial charge in [0.2, 0.25) is 5.91 Å². The molecule has 2 aromatic carbocycles. The van der Waals surface area contributed by atoms with E-state index in [1.54, 1.807) is 7.05 Å². The van der Waals surface area contributed by atoms with Crippen LogP contribution in [0.1, 0.15) is 11.6 Å². The summed E-state index contributed by atoms with van der Waals surface area (Å²) >= 11 is 0. The number of hydrogen-bond acceptors (Lipinski definition) is 3. The molecule has 1 unspecified atom stereocenters. The molecule has 0 fully saturated rings. The molecule has 0 aliphatic carbocycles. The van der Waals surface area contributed by atoms with Crippen LogP contribution in [0.5, 0.6) is 0 Å². The second kappa shape index (κ2) is 7.58. The molecule has 4 amide bonds. The Morgan fingerprint density at radius 3 is 2.30 bits per heavy atom. The number of rotatable bonds is 4.